The molecule has 9 nitrogen and oxygen atoms in total. The first-order chi connectivity index (χ1) is 21.5. The lowest BCUT2D eigenvalue weighted by molar-refractivity contribution is -0.137. The van der Waals surface area contributed by atoms with Crippen molar-refractivity contribution in [2.75, 3.05) is 50.1 Å². The van der Waals surface area contributed by atoms with Gasteiger partial charge in [-0.05, 0) is 44.4 Å². The van der Waals surface area contributed by atoms with E-state index in [0.29, 0.717) is 57.8 Å². The van der Waals surface area contributed by atoms with Crippen LogP contribution in [0, 0.1) is 5.82 Å². The zero-order chi connectivity index (χ0) is 31.3. The summed E-state index contributed by atoms with van der Waals surface area (Å²) < 4.78 is 92.5. The number of nitrogen functional groups attached to an aromatic ring is 1. The van der Waals surface area contributed by atoms with E-state index in [0.717, 1.165) is 31.5 Å². The summed E-state index contributed by atoms with van der Waals surface area (Å²) in [4.78, 5) is 17.6. The van der Waals surface area contributed by atoms with Gasteiger partial charge in [-0.25, -0.2) is 13.8 Å². The fourth-order valence-corrected chi connectivity index (χ4v) is 7.94. The Hall–Kier alpha value is -3.23. The van der Waals surface area contributed by atoms with E-state index in [4.69, 9.17) is 36.5 Å². The van der Waals surface area contributed by atoms with Crippen molar-refractivity contribution in [1.82, 2.24) is 19.9 Å². The lowest BCUT2D eigenvalue weighted by atomic mass is 9.95. The minimum absolute atomic E-state index is 0.0753. The Morgan fingerprint density at radius 3 is 2.71 bits per heavy atom. The Bertz CT molecular complexity index is 1710. The van der Waals surface area contributed by atoms with Crippen LogP contribution in [0.1, 0.15) is 44.1 Å². The second kappa shape index (κ2) is 10.1. The zero-order valence-corrected chi connectivity index (χ0v) is 24.9. The fourth-order valence-electron chi connectivity index (χ4n) is 7.60. The summed E-state index contributed by atoms with van der Waals surface area (Å²) in [5.74, 6) is -0.906. The van der Waals surface area contributed by atoms with E-state index in [1.54, 1.807) is 0 Å². The van der Waals surface area contributed by atoms with Crippen molar-refractivity contribution in [1.29, 1.82) is 0 Å². The van der Waals surface area contributed by atoms with Gasteiger partial charge in [0.2, 0.25) is 5.88 Å². The van der Waals surface area contributed by atoms with Gasteiger partial charge in [-0.1, -0.05) is 11.6 Å². The van der Waals surface area contributed by atoms with Gasteiger partial charge in [0.1, 0.15) is 40.8 Å². The minimum atomic E-state index is -4.94. The van der Waals surface area contributed by atoms with Crippen LogP contribution in [0.4, 0.5) is 33.5 Å². The van der Waals surface area contributed by atoms with Crippen molar-refractivity contribution in [2.45, 2.75) is 68.1 Å². The van der Waals surface area contributed by atoms with Gasteiger partial charge >= 0.3 is 12.2 Å². The number of halogens is 6. The number of aromatic nitrogens is 3. The topological polar surface area (TPSA) is 98.9 Å². The third-order valence-electron chi connectivity index (χ3n) is 9.82. The zero-order valence-electron chi connectivity index (χ0n) is 24.1. The second-order valence-electron chi connectivity index (χ2n) is 12.8. The summed E-state index contributed by atoms with van der Waals surface area (Å²) in [7, 11) is 0. The summed E-state index contributed by atoms with van der Waals surface area (Å²) in [6, 6.07) is 1.63. The van der Waals surface area contributed by atoms with Crippen molar-refractivity contribution in [3.05, 3.63) is 28.5 Å². The molecule has 4 fully saturated rings. The van der Waals surface area contributed by atoms with Gasteiger partial charge in [-0.15, -0.1) is 0 Å². The van der Waals surface area contributed by atoms with Gasteiger partial charge in [-0.3, -0.25) is 4.90 Å². The molecule has 8 rings (SSSR count). The maximum Gasteiger partial charge on any atom is 0.418 e. The van der Waals surface area contributed by atoms with Gasteiger partial charge in [-0.2, -0.15) is 23.1 Å². The molecule has 0 radical (unpaired) electrons. The molecule has 15 heteroatoms. The fraction of sp³-hybridized carbons (Fsp3) is 0.567. The summed E-state index contributed by atoms with van der Waals surface area (Å²) in [6.07, 6.45) is -2.06. The summed E-state index contributed by atoms with van der Waals surface area (Å²) in [5, 5.41) is -0.553. The first-order valence-corrected chi connectivity index (χ1v) is 15.5. The van der Waals surface area contributed by atoms with Crippen LogP contribution in [0.2, 0.25) is 5.02 Å². The first kappa shape index (κ1) is 29.2. The summed E-state index contributed by atoms with van der Waals surface area (Å²) in [6.45, 7) is 2.36. The van der Waals surface area contributed by atoms with Crippen molar-refractivity contribution in [2.24, 2.45) is 0 Å². The number of pyridine rings is 1. The largest absolute Gasteiger partial charge is 0.470 e. The number of rotatable bonds is 4. The second-order valence-corrected chi connectivity index (χ2v) is 13.2. The van der Waals surface area contributed by atoms with E-state index in [1.165, 1.54) is 0 Å². The van der Waals surface area contributed by atoms with Gasteiger partial charge in [0.05, 0.1) is 35.4 Å². The van der Waals surface area contributed by atoms with Crippen LogP contribution in [0.5, 0.6) is 11.9 Å². The van der Waals surface area contributed by atoms with Crippen molar-refractivity contribution in [3.8, 4) is 23.1 Å². The third kappa shape index (κ3) is 4.82. The lowest BCUT2D eigenvalue weighted by Gasteiger charge is -2.40. The number of morpholine rings is 1. The molecule has 4 aliphatic heterocycles. The van der Waals surface area contributed by atoms with E-state index in [1.807, 2.05) is 4.90 Å². The van der Waals surface area contributed by atoms with Crippen LogP contribution in [0.25, 0.3) is 22.2 Å². The molecule has 3 aromatic rings. The molecule has 1 unspecified atom stereocenters. The van der Waals surface area contributed by atoms with Gasteiger partial charge < -0.3 is 24.8 Å². The molecular weight excluding hydrogens is 623 g/mol. The van der Waals surface area contributed by atoms with E-state index in [-0.39, 0.29) is 41.1 Å². The quantitative estimate of drug-likeness (QED) is 0.287. The monoisotopic (exact) mass is 652 g/mol. The van der Waals surface area contributed by atoms with Crippen molar-refractivity contribution in [3.63, 3.8) is 0 Å². The predicted molar refractivity (Wildman–Crippen MR) is 155 cm³/mol. The molecule has 2 aromatic heterocycles. The lowest BCUT2D eigenvalue weighted by Crippen LogP contribution is -2.49. The smallest absolute Gasteiger partial charge is 0.418 e. The maximum atomic E-state index is 16.7. The molecule has 0 amide bonds. The first-order valence-electron chi connectivity index (χ1n) is 15.1. The van der Waals surface area contributed by atoms with Crippen LogP contribution in [0.15, 0.2) is 12.1 Å². The van der Waals surface area contributed by atoms with Crippen LogP contribution < -0.4 is 20.1 Å². The molecular formula is C30H30ClF5N6O3. The molecule has 3 atom stereocenters. The standard InChI is InChI=1S/C30H30ClF5N6O3/c31-19-9-16(37)8-18(21(19)30(34,35)36)23-22(33)24-20-25(40-27(39-24)44-14-28-2-1-5-41(28)12-15(32)10-28)42-6-7-43-13-17(42)11-29(3-4-29)45-26(20)38-23/h8-9,15,17H,1-7,10-14,37H2/t15-,17?,28+/m1/s1. The maximum absolute atomic E-state index is 16.7. The van der Waals surface area contributed by atoms with Crippen molar-refractivity contribution >= 4 is 34.0 Å². The van der Waals surface area contributed by atoms with Gasteiger partial charge in [0.25, 0.3) is 0 Å². The Morgan fingerprint density at radius 2 is 1.93 bits per heavy atom. The predicted octanol–water partition coefficient (Wildman–Crippen LogP) is 5.56. The minimum Gasteiger partial charge on any atom is -0.470 e. The Kier molecular flexibility index (Phi) is 6.57. The normalized spacial score (nSPS) is 27.2. The SMILES string of the molecule is Nc1cc(Cl)c(C(F)(F)F)c(-c2nc3c4c(nc(OC[C@@]56CCCN5C[C@H](F)C6)nc4c2F)N2CCOCC2CC2(CC2)O3)c1. The molecule has 5 aliphatic rings. The van der Waals surface area contributed by atoms with Crippen molar-refractivity contribution < 1.29 is 36.2 Å². The third-order valence-corrected chi connectivity index (χ3v) is 10.1. The molecule has 45 heavy (non-hydrogen) atoms. The molecule has 1 saturated carbocycles. The molecule has 3 saturated heterocycles. The Labute approximate surface area is 259 Å². The Morgan fingerprint density at radius 1 is 1.11 bits per heavy atom. The average molecular weight is 653 g/mol. The van der Waals surface area contributed by atoms with Gasteiger partial charge in [0, 0.05) is 37.2 Å². The number of hydrogen-bond acceptors (Lipinski definition) is 9. The van der Waals surface area contributed by atoms with Crippen LogP contribution in [-0.2, 0) is 10.9 Å². The highest BCUT2D eigenvalue weighted by Crippen LogP contribution is 2.52. The summed E-state index contributed by atoms with van der Waals surface area (Å²) in [5.41, 5.74) is 1.77. The number of ether oxygens (including phenoxy) is 3. The Balaban J connectivity index is 1.33. The molecule has 0 bridgehead atoms. The number of hydrogen-bond donors (Lipinski definition) is 1. The molecule has 2 N–H and O–H groups in total. The van der Waals surface area contributed by atoms with Crippen LogP contribution >= 0.6 is 11.6 Å². The van der Waals surface area contributed by atoms with Crippen LogP contribution in [0.3, 0.4) is 0 Å². The number of alkyl halides is 4. The molecule has 1 aromatic carbocycles. The highest BCUT2D eigenvalue weighted by Gasteiger charge is 2.52. The number of benzene rings is 1. The van der Waals surface area contributed by atoms with Gasteiger partial charge in [0.15, 0.2) is 5.82 Å². The van der Waals surface area contributed by atoms with E-state index >= 15 is 4.39 Å². The molecule has 1 aliphatic carbocycles. The molecule has 240 valence electrons. The molecule has 6 heterocycles. The highest BCUT2D eigenvalue weighted by atomic mass is 35.5. The number of nitrogens with two attached hydrogens (primary N) is 1. The highest BCUT2D eigenvalue weighted by molar-refractivity contribution is 6.32. The summed E-state index contributed by atoms with van der Waals surface area (Å²) >= 11 is 6.04. The van der Waals surface area contributed by atoms with E-state index in [9.17, 15) is 17.6 Å². The van der Waals surface area contributed by atoms with E-state index < -0.39 is 51.1 Å². The number of anilines is 2. The number of nitrogens with zero attached hydrogens (tertiary/aromatic N) is 5. The number of fused-ring (bicyclic) bond motifs is 3. The van der Waals surface area contributed by atoms with Crippen LogP contribution in [-0.4, -0.2) is 82.7 Å². The molecule has 1 spiro atoms. The van der Waals surface area contributed by atoms with E-state index in [2.05, 4.69) is 14.9 Å². The average Bonchev–Trinajstić information content (AvgIpc) is 3.50.